The highest BCUT2D eigenvalue weighted by Crippen LogP contribution is 2.25. The van der Waals surface area contributed by atoms with Crippen LogP contribution in [-0.4, -0.2) is 27.8 Å². The second kappa shape index (κ2) is 8.41. The Hall–Kier alpha value is -2.58. The van der Waals surface area contributed by atoms with Crippen molar-refractivity contribution in [1.82, 2.24) is 9.55 Å². The number of methoxy groups -OCH3 is 1. The molecule has 140 valence electrons. The van der Waals surface area contributed by atoms with Crippen LogP contribution >= 0.6 is 23.1 Å². The third kappa shape index (κ3) is 4.23. The van der Waals surface area contributed by atoms with E-state index >= 15 is 0 Å². The Kier molecular flexibility index (Phi) is 5.98. The van der Waals surface area contributed by atoms with Gasteiger partial charge in [-0.05, 0) is 42.6 Å². The number of nitrogens with one attached hydrogen (secondary N) is 1. The number of thioether (sulfide) groups is 1. The Labute approximate surface area is 164 Å². The fourth-order valence-corrected chi connectivity index (χ4v) is 4.16. The minimum absolute atomic E-state index is 0.119. The topological polar surface area (TPSA) is 73.2 Å². The number of carbonyl (C=O) groups excluding carboxylic acids is 1. The van der Waals surface area contributed by atoms with Crippen molar-refractivity contribution in [2.75, 3.05) is 12.4 Å². The molecule has 0 saturated carbocycles. The number of hydrogen-bond donors (Lipinski definition) is 1. The van der Waals surface area contributed by atoms with Crippen molar-refractivity contribution in [3.05, 3.63) is 58.7 Å². The third-order valence-corrected chi connectivity index (χ3v) is 5.77. The smallest absolute Gasteiger partial charge is 0.263 e. The van der Waals surface area contributed by atoms with Crippen LogP contribution in [0.15, 0.2) is 58.3 Å². The normalized spacial score (nSPS) is 11.9. The van der Waals surface area contributed by atoms with Crippen molar-refractivity contribution in [2.24, 2.45) is 0 Å². The molecule has 0 spiro atoms. The summed E-state index contributed by atoms with van der Waals surface area (Å²) in [4.78, 5) is 30.4. The number of carbonyl (C=O) groups is 1. The van der Waals surface area contributed by atoms with Crippen molar-refractivity contribution < 1.29 is 9.53 Å². The van der Waals surface area contributed by atoms with E-state index in [1.807, 2.05) is 5.38 Å². The number of allylic oxidation sites excluding steroid dienone is 1. The second-order valence-electron chi connectivity index (χ2n) is 5.72. The number of nitrogens with zero attached hydrogens (tertiary/aromatic N) is 2. The van der Waals surface area contributed by atoms with Gasteiger partial charge in [0, 0.05) is 12.2 Å². The van der Waals surface area contributed by atoms with E-state index in [0.29, 0.717) is 27.6 Å². The SMILES string of the molecule is C=CCn1c(SC(C)C(=O)Nc2ccc(OC)cc2)nc2sccc2c1=O. The van der Waals surface area contributed by atoms with Gasteiger partial charge in [0.25, 0.3) is 5.56 Å². The van der Waals surface area contributed by atoms with Crippen LogP contribution < -0.4 is 15.6 Å². The van der Waals surface area contributed by atoms with E-state index in [9.17, 15) is 9.59 Å². The monoisotopic (exact) mass is 401 g/mol. The van der Waals surface area contributed by atoms with Crippen molar-refractivity contribution in [2.45, 2.75) is 23.9 Å². The molecule has 0 aliphatic heterocycles. The molecule has 27 heavy (non-hydrogen) atoms. The Morgan fingerprint density at radius 3 is 2.81 bits per heavy atom. The number of aromatic nitrogens is 2. The number of benzene rings is 1. The van der Waals surface area contributed by atoms with E-state index < -0.39 is 5.25 Å². The van der Waals surface area contributed by atoms with Gasteiger partial charge in [-0.3, -0.25) is 14.2 Å². The summed E-state index contributed by atoms with van der Waals surface area (Å²) < 4.78 is 6.66. The molecule has 1 atom stereocenters. The molecule has 2 aromatic heterocycles. The van der Waals surface area contributed by atoms with Gasteiger partial charge in [-0.2, -0.15) is 0 Å². The zero-order valence-electron chi connectivity index (χ0n) is 15.0. The van der Waals surface area contributed by atoms with Gasteiger partial charge in [0.2, 0.25) is 5.91 Å². The minimum Gasteiger partial charge on any atom is -0.497 e. The largest absolute Gasteiger partial charge is 0.497 e. The molecule has 3 rings (SSSR count). The van der Waals surface area contributed by atoms with Crippen molar-refractivity contribution in [3.63, 3.8) is 0 Å². The standard InChI is InChI=1S/C19H19N3O3S2/c1-4-10-22-18(24)15-9-11-26-17(15)21-19(22)27-12(2)16(23)20-13-5-7-14(25-3)8-6-13/h4-9,11-12H,1,10H2,2-3H3,(H,20,23). The summed E-state index contributed by atoms with van der Waals surface area (Å²) in [6.45, 7) is 5.83. The number of thiophene rings is 1. The second-order valence-corrected chi connectivity index (χ2v) is 7.92. The Morgan fingerprint density at radius 1 is 1.41 bits per heavy atom. The highest BCUT2D eigenvalue weighted by Gasteiger charge is 2.19. The van der Waals surface area contributed by atoms with Crippen LogP contribution in [0.4, 0.5) is 5.69 Å². The van der Waals surface area contributed by atoms with Crippen LogP contribution in [0.3, 0.4) is 0 Å². The van der Waals surface area contributed by atoms with E-state index in [4.69, 9.17) is 4.74 Å². The lowest BCUT2D eigenvalue weighted by molar-refractivity contribution is -0.115. The summed E-state index contributed by atoms with van der Waals surface area (Å²) in [5.74, 6) is 0.549. The predicted octanol–water partition coefficient (Wildman–Crippen LogP) is 3.77. The predicted molar refractivity (Wildman–Crippen MR) is 111 cm³/mol. The van der Waals surface area contributed by atoms with Gasteiger partial charge in [0.05, 0.1) is 17.7 Å². The molecule has 0 fully saturated rings. The van der Waals surface area contributed by atoms with E-state index in [2.05, 4.69) is 16.9 Å². The highest BCUT2D eigenvalue weighted by molar-refractivity contribution is 8.00. The van der Waals surface area contributed by atoms with Crippen LogP contribution in [0, 0.1) is 0 Å². The van der Waals surface area contributed by atoms with Crippen LogP contribution in [0.25, 0.3) is 10.2 Å². The summed E-state index contributed by atoms with van der Waals surface area (Å²) in [5, 5.41) is 5.36. The number of ether oxygens (including phenoxy) is 1. The summed E-state index contributed by atoms with van der Waals surface area (Å²) in [5.41, 5.74) is 0.560. The first-order valence-electron chi connectivity index (χ1n) is 8.24. The molecular weight excluding hydrogens is 382 g/mol. The number of amides is 1. The van der Waals surface area contributed by atoms with Gasteiger partial charge in [0.15, 0.2) is 5.16 Å². The summed E-state index contributed by atoms with van der Waals surface area (Å²) >= 11 is 2.66. The van der Waals surface area contributed by atoms with Crippen LogP contribution in [0.1, 0.15) is 6.92 Å². The Morgan fingerprint density at radius 2 is 2.15 bits per heavy atom. The van der Waals surface area contributed by atoms with Crippen LogP contribution in [-0.2, 0) is 11.3 Å². The van der Waals surface area contributed by atoms with Gasteiger partial charge in [-0.25, -0.2) is 4.98 Å². The zero-order chi connectivity index (χ0) is 19.4. The maximum absolute atomic E-state index is 12.7. The number of fused-ring (bicyclic) bond motifs is 1. The van der Waals surface area contributed by atoms with Gasteiger partial charge in [-0.1, -0.05) is 17.8 Å². The third-order valence-electron chi connectivity index (χ3n) is 3.87. The highest BCUT2D eigenvalue weighted by atomic mass is 32.2. The molecule has 6 nitrogen and oxygen atoms in total. The molecule has 1 unspecified atom stereocenters. The summed E-state index contributed by atoms with van der Waals surface area (Å²) in [6, 6.07) is 8.88. The van der Waals surface area contributed by atoms with Gasteiger partial charge in [0.1, 0.15) is 10.6 Å². The molecule has 8 heteroatoms. The first-order valence-corrected chi connectivity index (χ1v) is 10.00. The lowest BCUT2D eigenvalue weighted by Crippen LogP contribution is -2.26. The minimum atomic E-state index is -0.438. The fourth-order valence-electron chi connectivity index (χ4n) is 2.44. The molecule has 0 radical (unpaired) electrons. The van der Waals surface area contributed by atoms with E-state index in [1.54, 1.807) is 55.0 Å². The number of rotatable bonds is 7. The maximum Gasteiger partial charge on any atom is 0.263 e. The lowest BCUT2D eigenvalue weighted by Gasteiger charge is -2.15. The summed E-state index contributed by atoms with van der Waals surface area (Å²) in [7, 11) is 1.59. The first-order chi connectivity index (χ1) is 13.0. The number of hydrogen-bond acceptors (Lipinski definition) is 6. The first kappa shape index (κ1) is 19.2. The van der Waals surface area contributed by atoms with E-state index in [1.165, 1.54) is 23.1 Å². The zero-order valence-corrected chi connectivity index (χ0v) is 16.6. The van der Waals surface area contributed by atoms with Crippen LogP contribution in [0.2, 0.25) is 0 Å². The molecule has 3 aromatic rings. The number of anilines is 1. The van der Waals surface area contributed by atoms with Crippen molar-refractivity contribution >= 4 is 44.9 Å². The summed E-state index contributed by atoms with van der Waals surface area (Å²) in [6.07, 6.45) is 1.65. The molecule has 0 bridgehead atoms. The van der Waals surface area contributed by atoms with Crippen molar-refractivity contribution in [3.8, 4) is 5.75 Å². The van der Waals surface area contributed by atoms with Gasteiger partial charge < -0.3 is 10.1 Å². The molecule has 2 heterocycles. The fraction of sp³-hybridized carbons (Fsp3) is 0.211. The van der Waals surface area contributed by atoms with E-state index in [-0.39, 0.29) is 11.5 Å². The molecular formula is C19H19N3O3S2. The lowest BCUT2D eigenvalue weighted by atomic mass is 10.3. The quantitative estimate of drug-likeness (QED) is 0.371. The molecule has 0 saturated heterocycles. The Bertz CT molecular complexity index is 1020. The van der Waals surface area contributed by atoms with Gasteiger partial charge in [-0.15, -0.1) is 17.9 Å². The Balaban J connectivity index is 1.80. The van der Waals surface area contributed by atoms with Crippen molar-refractivity contribution in [1.29, 1.82) is 0 Å². The van der Waals surface area contributed by atoms with Gasteiger partial charge >= 0.3 is 0 Å². The van der Waals surface area contributed by atoms with Crippen LogP contribution in [0.5, 0.6) is 5.75 Å². The molecule has 0 aliphatic rings. The molecule has 1 N–H and O–H groups in total. The maximum atomic E-state index is 12.7. The van der Waals surface area contributed by atoms with E-state index in [0.717, 1.165) is 5.75 Å². The average molecular weight is 402 g/mol. The average Bonchev–Trinajstić information content (AvgIpc) is 3.14. The molecule has 1 aromatic carbocycles. The molecule has 1 amide bonds. The molecule has 0 aliphatic carbocycles.